The zero-order chi connectivity index (χ0) is 21.0. The molecule has 1 aliphatic rings. The first kappa shape index (κ1) is 20.1. The van der Waals surface area contributed by atoms with E-state index in [0.717, 1.165) is 5.56 Å². The molecule has 0 radical (unpaired) electrons. The number of likely N-dealkylation sites (tertiary alicyclic amines) is 1. The minimum absolute atomic E-state index is 0.151. The van der Waals surface area contributed by atoms with Crippen molar-refractivity contribution >= 4 is 5.91 Å². The molecule has 9 heteroatoms. The molecule has 1 fully saturated rings. The Morgan fingerprint density at radius 3 is 2.70 bits per heavy atom. The zero-order valence-corrected chi connectivity index (χ0v) is 16.6. The summed E-state index contributed by atoms with van der Waals surface area (Å²) < 4.78 is 24.8. The summed E-state index contributed by atoms with van der Waals surface area (Å²) in [4.78, 5) is 26.9. The summed E-state index contributed by atoms with van der Waals surface area (Å²) in [5.41, 5.74) is 0.259. The molecule has 30 heavy (non-hydrogen) atoms. The Morgan fingerprint density at radius 2 is 2.00 bits per heavy atom. The van der Waals surface area contributed by atoms with Crippen LogP contribution in [-0.4, -0.2) is 57.7 Å². The molecule has 4 rings (SSSR count). The lowest BCUT2D eigenvalue weighted by Crippen LogP contribution is -2.46. The monoisotopic (exact) mass is 411 g/mol. The van der Waals surface area contributed by atoms with Crippen LogP contribution in [0.2, 0.25) is 0 Å². The van der Waals surface area contributed by atoms with Crippen LogP contribution >= 0.6 is 0 Å². The van der Waals surface area contributed by atoms with Crippen molar-refractivity contribution in [2.45, 2.75) is 24.7 Å². The molecule has 8 nitrogen and oxygen atoms in total. The number of methoxy groups -OCH3 is 1. The lowest BCUT2D eigenvalue weighted by atomic mass is 9.75. The van der Waals surface area contributed by atoms with E-state index in [1.54, 1.807) is 24.4 Å². The summed E-state index contributed by atoms with van der Waals surface area (Å²) in [5.74, 6) is 0.0126. The Labute approximate surface area is 173 Å². The fourth-order valence-corrected chi connectivity index (χ4v) is 3.76. The molecule has 1 aliphatic heterocycles. The number of halogens is 1. The molecule has 0 saturated carbocycles. The van der Waals surface area contributed by atoms with Crippen LogP contribution in [0.4, 0.5) is 4.39 Å². The minimum Gasteiger partial charge on any atom is -0.385 e. The molecular weight excluding hydrogens is 389 g/mol. The van der Waals surface area contributed by atoms with E-state index in [1.165, 1.54) is 18.3 Å². The second-order valence-corrected chi connectivity index (χ2v) is 7.31. The maximum atomic E-state index is 14.0. The van der Waals surface area contributed by atoms with E-state index in [-0.39, 0.29) is 11.1 Å². The topological polar surface area (TPSA) is 94.2 Å². The van der Waals surface area contributed by atoms with Crippen LogP contribution in [0.5, 0.6) is 0 Å². The SMILES string of the molecule is COCCC1(c2noc(-c3ccncc3)n2)CCN(C(=O)c2ncccc2F)CC1. The fraction of sp³-hybridized carbons (Fsp3) is 0.381. The van der Waals surface area contributed by atoms with Gasteiger partial charge in [0.15, 0.2) is 17.3 Å². The van der Waals surface area contributed by atoms with Gasteiger partial charge in [0.2, 0.25) is 0 Å². The lowest BCUT2D eigenvalue weighted by molar-refractivity contribution is 0.0606. The van der Waals surface area contributed by atoms with Crippen LogP contribution in [0.15, 0.2) is 47.4 Å². The maximum Gasteiger partial charge on any atom is 0.275 e. The molecule has 1 saturated heterocycles. The van der Waals surface area contributed by atoms with Gasteiger partial charge in [0.25, 0.3) is 11.8 Å². The van der Waals surface area contributed by atoms with Crippen molar-refractivity contribution in [2.75, 3.05) is 26.8 Å². The maximum absolute atomic E-state index is 14.0. The zero-order valence-electron chi connectivity index (χ0n) is 16.6. The van der Waals surface area contributed by atoms with Crippen LogP contribution in [0, 0.1) is 5.82 Å². The lowest BCUT2D eigenvalue weighted by Gasteiger charge is -2.39. The van der Waals surface area contributed by atoms with Crippen molar-refractivity contribution in [3.63, 3.8) is 0 Å². The number of hydrogen-bond acceptors (Lipinski definition) is 7. The number of piperidine rings is 1. The van der Waals surface area contributed by atoms with Crippen molar-refractivity contribution in [2.24, 2.45) is 0 Å². The molecule has 156 valence electrons. The van der Waals surface area contributed by atoms with Crippen molar-refractivity contribution in [3.05, 3.63) is 60.2 Å². The highest BCUT2D eigenvalue weighted by atomic mass is 19.1. The molecule has 0 aromatic carbocycles. The highest BCUT2D eigenvalue weighted by Gasteiger charge is 2.41. The number of hydrogen-bond donors (Lipinski definition) is 0. The van der Waals surface area contributed by atoms with E-state index in [1.807, 2.05) is 12.1 Å². The van der Waals surface area contributed by atoms with Gasteiger partial charge in [-0.15, -0.1) is 0 Å². The van der Waals surface area contributed by atoms with Crippen LogP contribution in [0.1, 0.15) is 35.6 Å². The van der Waals surface area contributed by atoms with Crippen molar-refractivity contribution in [1.29, 1.82) is 0 Å². The van der Waals surface area contributed by atoms with Gasteiger partial charge in [0.1, 0.15) is 0 Å². The van der Waals surface area contributed by atoms with Gasteiger partial charge in [-0.25, -0.2) is 9.37 Å². The molecule has 0 atom stereocenters. The number of aromatic nitrogens is 4. The summed E-state index contributed by atoms with van der Waals surface area (Å²) in [6, 6.07) is 6.32. The largest absolute Gasteiger partial charge is 0.385 e. The predicted molar refractivity (Wildman–Crippen MR) is 105 cm³/mol. The number of nitrogens with zero attached hydrogens (tertiary/aromatic N) is 5. The number of carbonyl (C=O) groups is 1. The van der Waals surface area contributed by atoms with Gasteiger partial charge in [-0.1, -0.05) is 5.16 Å². The third-order valence-electron chi connectivity index (χ3n) is 5.58. The van der Waals surface area contributed by atoms with Gasteiger partial charge >= 0.3 is 0 Å². The van der Waals surface area contributed by atoms with Crippen molar-refractivity contribution in [3.8, 4) is 11.5 Å². The van der Waals surface area contributed by atoms with Gasteiger partial charge in [-0.2, -0.15) is 4.98 Å². The van der Waals surface area contributed by atoms with Crippen LogP contribution in [-0.2, 0) is 10.2 Å². The predicted octanol–water partition coefficient (Wildman–Crippen LogP) is 2.88. The minimum atomic E-state index is -0.612. The van der Waals surface area contributed by atoms with E-state index in [2.05, 4.69) is 20.1 Å². The van der Waals surface area contributed by atoms with E-state index in [4.69, 9.17) is 9.26 Å². The third kappa shape index (κ3) is 3.93. The van der Waals surface area contributed by atoms with Crippen molar-refractivity contribution < 1.29 is 18.4 Å². The molecule has 3 aromatic rings. The Hall–Kier alpha value is -3.20. The molecular formula is C21H22FN5O3. The van der Waals surface area contributed by atoms with Gasteiger partial charge in [0, 0.05) is 56.4 Å². The third-order valence-corrected chi connectivity index (χ3v) is 5.58. The smallest absolute Gasteiger partial charge is 0.275 e. The average Bonchev–Trinajstić information content (AvgIpc) is 3.30. The first-order valence-corrected chi connectivity index (χ1v) is 9.76. The van der Waals surface area contributed by atoms with Gasteiger partial charge in [-0.3, -0.25) is 9.78 Å². The number of amides is 1. The molecule has 0 bridgehead atoms. The quantitative estimate of drug-likeness (QED) is 0.616. The number of ether oxygens (including phenoxy) is 1. The highest BCUT2D eigenvalue weighted by Crippen LogP contribution is 2.38. The first-order chi connectivity index (χ1) is 14.6. The van der Waals surface area contributed by atoms with Crippen LogP contribution in [0.25, 0.3) is 11.5 Å². The second-order valence-electron chi connectivity index (χ2n) is 7.31. The van der Waals surface area contributed by atoms with Crippen molar-refractivity contribution in [1.82, 2.24) is 25.0 Å². The highest BCUT2D eigenvalue weighted by molar-refractivity contribution is 5.92. The molecule has 0 aliphatic carbocycles. The molecule has 3 aromatic heterocycles. The number of carbonyl (C=O) groups excluding carboxylic acids is 1. The first-order valence-electron chi connectivity index (χ1n) is 9.76. The molecule has 0 N–H and O–H groups in total. The molecule has 1 amide bonds. The summed E-state index contributed by atoms with van der Waals surface area (Å²) in [6.45, 7) is 1.41. The summed E-state index contributed by atoms with van der Waals surface area (Å²) >= 11 is 0. The number of rotatable bonds is 6. The fourth-order valence-electron chi connectivity index (χ4n) is 3.76. The van der Waals surface area contributed by atoms with E-state index < -0.39 is 11.7 Å². The Bertz CT molecular complexity index is 1000. The number of pyridine rings is 2. The summed E-state index contributed by atoms with van der Waals surface area (Å²) in [5, 5.41) is 4.25. The average molecular weight is 411 g/mol. The molecule has 0 unspecified atom stereocenters. The van der Waals surface area contributed by atoms with Gasteiger partial charge in [0.05, 0.1) is 0 Å². The standard InChI is InChI=1S/C21H22FN5O3/c1-29-14-8-21(20-25-18(30-26-20)15-4-10-23-11-5-15)6-12-27(13-7-21)19(28)17-16(22)3-2-9-24-17/h2-5,9-11H,6-8,12-14H2,1H3. The molecule has 4 heterocycles. The second kappa shape index (κ2) is 8.66. The summed E-state index contributed by atoms with van der Waals surface area (Å²) in [7, 11) is 1.65. The van der Waals surface area contributed by atoms with E-state index >= 15 is 0 Å². The van der Waals surface area contributed by atoms with Crippen LogP contribution in [0.3, 0.4) is 0 Å². The van der Waals surface area contributed by atoms with Gasteiger partial charge in [-0.05, 0) is 43.5 Å². The molecule has 0 spiro atoms. The normalized spacial score (nSPS) is 15.9. The Balaban J connectivity index is 1.54. The van der Waals surface area contributed by atoms with E-state index in [9.17, 15) is 9.18 Å². The van der Waals surface area contributed by atoms with Crippen LogP contribution < -0.4 is 0 Å². The van der Waals surface area contributed by atoms with E-state index in [0.29, 0.717) is 50.7 Å². The summed E-state index contributed by atoms with van der Waals surface area (Å²) in [6.07, 6.45) is 6.68. The Kier molecular flexibility index (Phi) is 5.80. The van der Waals surface area contributed by atoms with Gasteiger partial charge < -0.3 is 14.2 Å². The Morgan fingerprint density at radius 1 is 1.23 bits per heavy atom.